The van der Waals surface area contributed by atoms with Crippen LogP contribution in [0.3, 0.4) is 0 Å². The summed E-state index contributed by atoms with van der Waals surface area (Å²) in [4.78, 5) is 8.98. The Bertz CT molecular complexity index is 485. The van der Waals surface area contributed by atoms with Gasteiger partial charge in [0.05, 0.1) is 5.69 Å². The predicted molar refractivity (Wildman–Crippen MR) is 60.5 cm³/mol. The van der Waals surface area contributed by atoms with Crippen molar-refractivity contribution in [1.82, 2.24) is 14.5 Å². The topological polar surface area (TPSA) is 56.7 Å². The van der Waals surface area contributed by atoms with Gasteiger partial charge in [-0.05, 0) is 32.9 Å². The van der Waals surface area contributed by atoms with E-state index in [4.69, 9.17) is 5.73 Å². The zero-order valence-corrected chi connectivity index (χ0v) is 9.36. The fraction of sp³-hybridized carbons (Fsp3) is 0.455. The zero-order chi connectivity index (χ0) is 11.0. The lowest BCUT2D eigenvalue weighted by Crippen LogP contribution is -2.06. The lowest BCUT2D eigenvalue weighted by atomic mass is 10.3. The summed E-state index contributed by atoms with van der Waals surface area (Å²) in [5.41, 5.74) is 8.37. The minimum Gasteiger partial charge on any atom is -0.325 e. The van der Waals surface area contributed by atoms with Gasteiger partial charge >= 0.3 is 0 Å². The molecule has 0 saturated carbocycles. The van der Waals surface area contributed by atoms with Gasteiger partial charge in [-0.1, -0.05) is 0 Å². The van der Waals surface area contributed by atoms with E-state index in [9.17, 15) is 0 Å². The molecule has 15 heavy (non-hydrogen) atoms. The molecule has 0 spiro atoms. The molecule has 0 aromatic carbocycles. The second-order valence-electron chi connectivity index (χ2n) is 3.97. The van der Waals surface area contributed by atoms with E-state index < -0.39 is 0 Å². The molecular weight excluding hydrogens is 188 g/mol. The summed E-state index contributed by atoms with van der Waals surface area (Å²) in [6.45, 7) is 6.73. The summed E-state index contributed by atoms with van der Waals surface area (Å²) in [5, 5.41) is 0. The molecular formula is C11H16N4. The molecule has 0 bridgehead atoms. The van der Waals surface area contributed by atoms with Gasteiger partial charge in [0, 0.05) is 12.6 Å². The second kappa shape index (κ2) is 3.62. The minimum atomic E-state index is 0.371. The quantitative estimate of drug-likeness (QED) is 0.811. The zero-order valence-electron chi connectivity index (χ0n) is 9.36. The number of aromatic nitrogens is 3. The third-order valence-corrected chi connectivity index (χ3v) is 2.50. The number of aryl methyl sites for hydroxylation is 1. The summed E-state index contributed by atoms with van der Waals surface area (Å²) in [5.74, 6) is 1.00. The molecule has 0 aliphatic heterocycles. The largest absolute Gasteiger partial charge is 0.325 e. The molecule has 4 heteroatoms. The van der Waals surface area contributed by atoms with Gasteiger partial charge in [-0.25, -0.2) is 9.97 Å². The summed E-state index contributed by atoms with van der Waals surface area (Å²) < 4.78 is 2.13. The molecule has 0 unspecified atom stereocenters. The Balaban J connectivity index is 2.72. The summed E-state index contributed by atoms with van der Waals surface area (Å²) in [6, 6.07) is 4.28. The first kappa shape index (κ1) is 10.1. The van der Waals surface area contributed by atoms with Gasteiger partial charge in [-0.2, -0.15) is 0 Å². The molecule has 0 saturated heterocycles. The number of imidazole rings is 1. The highest BCUT2D eigenvalue weighted by atomic mass is 15.1. The Morgan fingerprint density at radius 3 is 2.67 bits per heavy atom. The van der Waals surface area contributed by atoms with Gasteiger partial charge in [0.1, 0.15) is 11.3 Å². The van der Waals surface area contributed by atoms with Crippen molar-refractivity contribution in [3.05, 3.63) is 23.7 Å². The van der Waals surface area contributed by atoms with E-state index in [1.165, 1.54) is 0 Å². The van der Waals surface area contributed by atoms with E-state index >= 15 is 0 Å². The monoisotopic (exact) mass is 204 g/mol. The molecule has 0 aliphatic carbocycles. The molecule has 0 atom stereocenters. The molecule has 0 fully saturated rings. The van der Waals surface area contributed by atoms with Crippen molar-refractivity contribution in [3.8, 4) is 0 Å². The first-order valence-electron chi connectivity index (χ1n) is 5.18. The van der Waals surface area contributed by atoms with Crippen molar-refractivity contribution < 1.29 is 0 Å². The molecule has 0 amide bonds. The van der Waals surface area contributed by atoms with Crippen LogP contribution < -0.4 is 5.73 Å². The first-order chi connectivity index (χ1) is 7.13. The number of hydrogen-bond donors (Lipinski definition) is 1. The average Bonchev–Trinajstić information content (AvgIpc) is 2.52. The van der Waals surface area contributed by atoms with Crippen LogP contribution in [0.15, 0.2) is 12.1 Å². The van der Waals surface area contributed by atoms with Crippen LogP contribution in [0.2, 0.25) is 0 Å². The number of pyridine rings is 1. The van der Waals surface area contributed by atoms with Crippen LogP contribution in [0.25, 0.3) is 11.2 Å². The Morgan fingerprint density at radius 2 is 2.07 bits per heavy atom. The smallest absolute Gasteiger partial charge is 0.160 e. The van der Waals surface area contributed by atoms with E-state index in [1.807, 2.05) is 19.1 Å². The molecule has 2 rings (SSSR count). The van der Waals surface area contributed by atoms with Crippen LogP contribution in [0.4, 0.5) is 0 Å². The van der Waals surface area contributed by atoms with Crippen molar-refractivity contribution in [3.63, 3.8) is 0 Å². The fourth-order valence-electron chi connectivity index (χ4n) is 1.86. The highest BCUT2D eigenvalue weighted by Crippen LogP contribution is 2.18. The van der Waals surface area contributed by atoms with E-state index in [2.05, 4.69) is 28.4 Å². The van der Waals surface area contributed by atoms with Crippen LogP contribution in [-0.4, -0.2) is 14.5 Å². The number of rotatable bonds is 2. The van der Waals surface area contributed by atoms with Crippen LogP contribution in [0, 0.1) is 6.92 Å². The standard InChI is InChI=1S/C11H16N4/c1-7(2)15-8(3)13-10-5-4-9(6-12)14-11(10)15/h4-5,7H,6,12H2,1-3H3. The molecule has 0 radical (unpaired) electrons. The van der Waals surface area contributed by atoms with Crippen molar-refractivity contribution in [2.45, 2.75) is 33.4 Å². The van der Waals surface area contributed by atoms with Crippen molar-refractivity contribution >= 4 is 11.2 Å². The van der Waals surface area contributed by atoms with Gasteiger partial charge < -0.3 is 10.3 Å². The number of nitrogens with two attached hydrogens (primary N) is 1. The molecule has 4 nitrogen and oxygen atoms in total. The second-order valence-corrected chi connectivity index (χ2v) is 3.97. The number of fused-ring (bicyclic) bond motifs is 1. The summed E-state index contributed by atoms with van der Waals surface area (Å²) in [7, 11) is 0. The first-order valence-corrected chi connectivity index (χ1v) is 5.18. The maximum Gasteiger partial charge on any atom is 0.160 e. The van der Waals surface area contributed by atoms with Gasteiger partial charge in [-0.15, -0.1) is 0 Å². The van der Waals surface area contributed by atoms with Crippen LogP contribution in [0.5, 0.6) is 0 Å². The molecule has 2 aromatic heterocycles. The Kier molecular flexibility index (Phi) is 2.44. The highest BCUT2D eigenvalue weighted by molar-refractivity contribution is 5.71. The number of nitrogens with zero attached hydrogens (tertiary/aromatic N) is 3. The van der Waals surface area contributed by atoms with Crippen LogP contribution in [0.1, 0.15) is 31.4 Å². The third kappa shape index (κ3) is 1.61. The van der Waals surface area contributed by atoms with Gasteiger partial charge in [-0.3, -0.25) is 0 Å². The van der Waals surface area contributed by atoms with Crippen LogP contribution >= 0.6 is 0 Å². The van der Waals surface area contributed by atoms with E-state index in [1.54, 1.807) is 0 Å². The normalized spacial score (nSPS) is 11.5. The Hall–Kier alpha value is -1.42. The summed E-state index contributed by atoms with van der Waals surface area (Å²) in [6.07, 6.45) is 0. The Labute approximate surface area is 89.1 Å². The fourth-order valence-corrected chi connectivity index (χ4v) is 1.86. The van der Waals surface area contributed by atoms with E-state index in [-0.39, 0.29) is 0 Å². The summed E-state index contributed by atoms with van der Waals surface area (Å²) >= 11 is 0. The van der Waals surface area contributed by atoms with Crippen LogP contribution in [-0.2, 0) is 6.54 Å². The molecule has 0 aliphatic rings. The van der Waals surface area contributed by atoms with Crippen molar-refractivity contribution in [1.29, 1.82) is 0 Å². The lowest BCUT2D eigenvalue weighted by molar-refractivity contribution is 0.595. The maximum absolute atomic E-state index is 5.58. The Morgan fingerprint density at radius 1 is 1.33 bits per heavy atom. The molecule has 80 valence electrons. The van der Waals surface area contributed by atoms with E-state index in [0.29, 0.717) is 12.6 Å². The van der Waals surface area contributed by atoms with Crippen molar-refractivity contribution in [2.75, 3.05) is 0 Å². The average molecular weight is 204 g/mol. The van der Waals surface area contributed by atoms with Gasteiger partial charge in [0.15, 0.2) is 5.65 Å². The highest BCUT2D eigenvalue weighted by Gasteiger charge is 2.11. The molecule has 2 aromatic rings. The third-order valence-electron chi connectivity index (χ3n) is 2.50. The maximum atomic E-state index is 5.58. The van der Waals surface area contributed by atoms with Crippen molar-refractivity contribution in [2.24, 2.45) is 5.73 Å². The molecule has 2 heterocycles. The minimum absolute atomic E-state index is 0.371. The van der Waals surface area contributed by atoms with Gasteiger partial charge in [0.2, 0.25) is 0 Å². The lowest BCUT2D eigenvalue weighted by Gasteiger charge is -2.10. The van der Waals surface area contributed by atoms with E-state index in [0.717, 1.165) is 22.7 Å². The van der Waals surface area contributed by atoms with Gasteiger partial charge in [0.25, 0.3) is 0 Å². The molecule has 2 N–H and O–H groups in total. The SMILES string of the molecule is Cc1nc2ccc(CN)nc2n1C(C)C. The predicted octanol–water partition coefficient (Wildman–Crippen LogP) is 1.78. The number of hydrogen-bond acceptors (Lipinski definition) is 3.